The molecule has 0 aliphatic carbocycles. The number of carbonyl (C=O) groups is 2. The van der Waals surface area contributed by atoms with Gasteiger partial charge in [-0.15, -0.1) is 0 Å². The van der Waals surface area contributed by atoms with E-state index in [2.05, 4.69) is 14.8 Å². The van der Waals surface area contributed by atoms with Crippen molar-refractivity contribution < 1.29 is 22.7 Å². The number of hydrogen-bond acceptors (Lipinski definition) is 6. The van der Waals surface area contributed by atoms with Crippen LogP contribution in [-0.2, 0) is 30.8 Å². The van der Waals surface area contributed by atoms with Crippen molar-refractivity contribution in [3.05, 3.63) is 59.1 Å². The highest BCUT2D eigenvalue weighted by atomic mass is 35.5. The lowest BCUT2D eigenvalue weighted by Crippen LogP contribution is -2.44. The molecule has 0 aromatic heterocycles. The van der Waals surface area contributed by atoms with E-state index in [1.165, 1.54) is 43.1 Å². The summed E-state index contributed by atoms with van der Waals surface area (Å²) < 4.78 is 32.5. The molecule has 0 heterocycles. The Morgan fingerprint density at radius 2 is 1.74 bits per heavy atom. The van der Waals surface area contributed by atoms with Crippen LogP contribution in [0.4, 0.5) is 5.69 Å². The third-order valence-electron chi connectivity index (χ3n) is 4.42. The molecule has 0 aliphatic heterocycles. The molecule has 2 rings (SSSR count). The Balaban J connectivity index is 2.07. The van der Waals surface area contributed by atoms with Gasteiger partial charge in [-0.2, -0.15) is 16.5 Å². The number of methoxy groups -OCH3 is 1. The van der Waals surface area contributed by atoms with Crippen molar-refractivity contribution in [3.8, 4) is 0 Å². The van der Waals surface area contributed by atoms with E-state index in [0.717, 1.165) is 5.56 Å². The molecular formula is C21H25ClN2O5S2. The van der Waals surface area contributed by atoms with Crippen LogP contribution in [0.5, 0.6) is 0 Å². The maximum absolute atomic E-state index is 12.8. The van der Waals surface area contributed by atoms with E-state index in [1.54, 1.807) is 24.3 Å². The Morgan fingerprint density at radius 1 is 1.10 bits per heavy atom. The summed E-state index contributed by atoms with van der Waals surface area (Å²) in [6.07, 6.45) is 3.01. The summed E-state index contributed by atoms with van der Waals surface area (Å²) in [4.78, 5) is 24.1. The Bertz CT molecular complexity index is 980. The van der Waals surface area contributed by atoms with E-state index in [9.17, 15) is 18.0 Å². The first-order valence-corrected chi connectivity index (χ1v) is 12.7. The van der Waals surface area contributed by atoms with E-state index in [4.69, 9.17) is 11.6 Å². The number of rotatable bonds is 11. The Kier molecular flexibility index (Phi) is 9.83. The van der Waals surface area contributed by atoms with Gasteiger partial charge in [0.2, 0.25) is 15.9 Å². The van der Waals surface area contributed by atoms with Gasteiger partial charge in [0.15, 0.2) is 0 Å². The monoisotopic (exact) mass is 484 g/mol. The number of carbonyl (C=O) groups excluding carboxylic acids is 2. The molecule has 1 atom stereocenters. The molecule has 7 nitrogen and oxygen atoms in total. The minimum atomic E-state index is -3.89. The fourth-order valence-corrected chi connectivity index (χ4v) is 4.51. The zero-order valence-electron chi connectivity index (χ0n) is 17.3. The number of ether oxygens (including phenoxy) is 1. The van der Waals surface area contributed by atoms with Crippen LogP contribution in [-0.4, -0.2) is 45.5 Å². The number of anilines is 1. The van der Waals surface area contributed by atoms with Crippen LogP contribution in [0, 0.1) is 0 Å². The summed E-state index contributed by atoms with van der Waals surface area (Å²) in [6.45, 7) is 0. The molecule has 1 amide bonds. The lowest BCUT2D eigenvalue weighted by Gasteiger charge is -2.18. The average Bonchev–Trinajstić information content (AvgIpc) is 2.76. The van der Waals surface area contributed by atoms with Crippen molar-refractivity contribution in [2.24, 2.45) is 0 Å². The molecule has 0 saturated carbocycles. The fraction of sp³-hybridized carbons (Fsp3) is 0.333. The van der Waals surface area contributed by atoms with Gasteiger partial charge in [0.05, 0.1) is 12.0 Å². The Hall–Kier alpha value is -2.07. The van der Waals surface area contributed by atoms with Gasteiger partial charge >= 0.3 is 5.97 Å². The lowest BCUT2D eigenvalue weighted by molar-refractivity contribution is -0.140. The SMILES string of the molecule is COC(=O)CCc1ccc(NC(=O)[C@H](CCSC)NS(=O)(=O)c2ccc(Cl)cc2)cc1. The molecule has 10 heteroatoms. The van der Waals surface area contributed by atoms with E-state index in [-0.39, 0.29) is 17.3 Å². The number of hydrogen-bond donors (Lipinski definition) is 2. The van der Waals surface area contributed by atoms with Crippen molar-refractivity contribution in [3.63, 3.8) is 0 Å². The zero-order chi connectivity index (χ0) is 22.9. The quantitative estimate of drug-likeness (QED) is 0.473. The van der Waals surface area contributed by atoms with E-state index < -0.39 is 22.0 Å². The summed E-state index contributed by atoms with van der Waals surface area (Å²) in [7, 11) is -2.55. The van der Waals surface area contributed by atoms with Gasteiger partial charge in [-0.05, 0) is 66.8 Å². The summed E-state index contributed by atoms with van der Waals surface area (Å²) in [5.74, 6) is -0.135. The number of aryl methyl sites for hydroxylation is 1. The van der Waals surface area contributed by atoms with Crippen LogP contribution in [0.25, 0.3) is 0 Å². The lowest BCUT2D eigenvalue weighted by atomic mass is 10.1. The number of thioether (sulfide) groups is 1. The molecule has 2 aromatic rings. The van der Waals surface area contributed by atoms with Gasteiger partial charge in [-0.25, -0.2) is 8.42 Å². The molecule has 2 N–H and O–H groups in total. The molecule has 0 bridgehead atoms. The standard InChI is InChI=1S/C21H25ClN2O5S2/c1-29-20(25)12-5-15-3-8-17(9-4-15)23-21(26)19(13-14-30-2)24-31(27,28)18-10-6-16(22)7-11-18/h3-4,6-11,19,24H,5,12-14H2,1-2H3,(H,23,26)/t19-/m0/s1. The van der Waals surface area contributed by atoms with Crippen LogP contribution in [0.1, 0.15) is 18.4 Å². The van der Waals surface area contributed by atoms with Gasteiger partial charge < -0.3 is 10.1 Å². The van der Waals surface area contributed by atoms with Crippen molar-refractivity contribution >= 4 is 50.9 Å². The predicted molar refractivity (Wildman–Crippen MR) is 124 cm³/mol. The maximum atomic E-state index is 12.8. The van der Waals surface area contributed by atoms with Crippen molar-refractivity contribution in [1.29, 1.82) is 0 Å². The average molecular weight is 485 g/mol. The first kappa shape index (κ1) is 25.2. The second-order valence-electron chi connectivity index (χ2n) is 6.67. The highest BCUT2D eigenvalue weighted by Gasteiger charge is 2.25. The largest absolute Gasteiger partial charge is 0.469 e. The maximum Gasteiger partial charge on any atom is 0.305 e. The van der Waals surface area contributed by atoms with Gasteiger partial charge in [0, 0.05) is 17.1 Å². The number of halogens is 1. The summed E-state index contributed by atoms with van der Waals surface area (Å²) in [5, 5.41) is 3.17. The predicted octanol–water partition coefficient (Wildman–Crippen LogP) is 3.48. The number of amides is 1. The van der Waals surface area contributed by atoms with Crippen molar-refractivity contribution in [2.75, 3.05) is 24.4 Å². The molecule has 0 unspecified atom stereocenters. The number of benzene rings is 2. The van der Waals surface area contributed by atoms with Crippen LogP contribution in [0.3, 0.4) is 0 Å². The van der Waals surface area contributed by atoms with E-state index in [0.29, 0.717) is 29.3 Å². The second-order valence-corrected chi connectivity index (χ2v) is 9.81. The highest BCUT2D eigenvalue weighted by Crippen LogP contribution is 2.17. The Labute approximate surface area is 191 Å². The second kappa shape index (κ2) is 12.1. The van der Waals surface area contributed by atoms with E-state index in [1.807, 2.05) is 6.26 Å². The third kappa shape index (κ3) is 8.17. The topological polar surface area (TPSA) is 102 Å². The molecular weight excluding hydrogens is 460 g/mol. The van der Waals surface area contributed by atoms with Gasteiger partial charge in [-0.1, -0.05) is 23.7 Å². The summed E-state index contributed by atoms with van der Waals surface area (Å²) in [5.41, 5.74) is 1.46. The minimum Gasteiger partial charge on any atom is -0.469 e. The molecule has 0 saturated heterocycles. The molecule has 168 valence electrons. The highest BCUT2D eigenvalue weighted by molar-refractivity contribution is 7.98. The van der Waals surface area contributed by atoms with Crippen LogP contribution in [0.15, 0.2) is 53.4 Å². The molecule has 2 aromatic carbocycles. The normalized spacial score (nSPS) is 12.2. The van der Waals surface area contributed by atoms with Crippen LogP contribution >= 0.6 is 23.4 Å². The van der Waals surface area contributed by atoms with Crippen molar-refractivity contribution in [2.45, 2.75) is 30.2 Å². The minimum absolute atomic E-state index is 0.0359. The van der Waals surface area contributed by atoms with Crippen LogP contribution in [0.2, 0.25) is 5.02 Å². The van der Waals surface area contributed by atoms with Crippen molar-refractivity contribution in [1.82, 2.24) is 4.72 Å². The molecule has 0 aliphatic rings. The molecule has 0 radical (unpaired) electrons. The third-order valence-corrected chi connectivity index (χ3v) is 6.80. The first-order chi connectivity index (χ1) is 14.7. The fourth-order valence-electron chi connectivity index (χ4n) is 2.68. The molecule has 31 heavy (non-hydrogen) atoms. The number of esters is 1. The van der Waals surface area contributed by atoms with E-state index >= 15 is 0 Å². The first-order valence-electron chi connectivity index (χ1n) is 9.48. The molecule has 0 fully saturated rings. The van der Waals surface area contributed by atoms with Gasteiger partial charge in [0.25, 0.3) is 0 Å². The van der Waals surface area contributed by atoms with Crippen LogP contribution < -0.4 is 10.0 Å². The summed E-state index contributed by atoms with van der Waals surface area (Å²) >= 11 is 7.34. The number of nitrogens with one attached hydrogen (secondary N) is 2. The molecule has 0 spiro atoms. The van der Waals surface area contributed by atoms with Gasteiger partial charge in [-0.3, -0.25) is 9.59 Å². The smallest absolute Gasteiger partial charge is 0.305 e. The Morgan fingerprint density at radius 3 is 2.32 bits per heavy atom. The number of sulfonamides is 1. The zero-order valence-corrected chi connectivity index (χ0v) is 19.6. The van der Waals surface area contributed by atoms with Gasteiger partial charge in [0.1, 0.15) is 6.04 Å². The summed E-state index contributed by atoms with van der Waals surface area (Å²) in [6, 6.07) is 11.8.